The summed E-state index contributed by atoms with van der Waals surface area (Å²) in [4.78, 5) is 8.61. The molecule has 0 saturated carbocycles. The van der Waals surface area contributed by atoms with Gasteiger partial charge in [0.25, 0.3) is 0 Å². The predicted molar refractivity (Wildman–Crippen MR) is 61.2 cm³/mol. The van der Waals surface area contributed by atoms with Crippen LogP contribution in [0.25, 0.3) is 10.9 Å². The topological polar surface area (TPSA) is 25.8 Å². The summed E-state index contributed by atoms with van der Waals surface area (Å²) in [6.45, 7) is 2.06. The maximum atomic E-state index is 13.0. The summed E-state index contributed by atoms with van der Waals surface area (Å²) >= 11 is 3.37. The van der Waals surface area contributed by atoms with Gasteiger partial charge in [-0.3, -0.25) is 0 Å². The summed E-state index contributed by atoms with van der Waals surface area (Å²) in [6, 6.07) is 4.53. The summed E-state index contributed by atoms with van der Waals surface area (Å²) in [5.74, 6) is 0.484. The highest BCUT2D eigenvalue weighted by Gasteiger charge is 2.05. The van der Waals surface area contributed by atoms with Gasteiger partial charge >= 0.3 is 0 Å². The van der Waals surface area contributed by atoms with E-state index in [1.807, 2.05) is 0 Å². The Morgan fingerprint density at radius 3 is 2.87 bits per heavy atom. The first kappa shape index (κ1) is 10.5. The van der Waals surface area contributed by atoms with Crippen LogP contribution < -0.4 is 0 Å². The molecule has 0 spiro atoms. The fourth-order valence-electron chi connectivity index (χ4n) is 1.44. The summed E-state index contributed by atoms with van der Waals surface area (Å²) in [6.07, 6.45) is 1.79. The number of aromatic nitrogens is 2. The first-order valence-electron chi connectivity index (χ1n) is 4.82. The Balaban J connectivity index is 2.63. The van der Waals surface area contributed by atoms with Crippen LogP contribution in [0.2, 0.25) is 0 Å². The quantitative estimate of drug-likeness (QED) is 0.780. The summed E-state index contributed by atoms with van der Waals surface area (Å²) in [5, 5.41) is 0.844. The number of hydrogen-bond donors (Lipinski definition) is 0. The molecular weight excluding hydrogens is 259 g/mol. The lowest BCUT2D eigenvalue weighted by Crippen LogP contribution is -1.96. The van der Waals surface area contributed by atoms with E-state index in [1.54, 1.807) is 6.07 Å². The van der Waals surface area contributed by atoms with Gasteiger partial charge in [0.05, 0.1) is 5.52 Å². The third kappa shape index (κ3) is 2.15. The van der Waals surface area contributed by atoms with Gasteiger partial charge in [-0.2, -0.15) is 0 Å². The molecule has 0 N–H and O–H groups in total. The fourth-order valence-corrected chi connectivity index (χ4v) is 1.98. The molecule has 1 heterocycles. The Kier molecular flexibility index (Phi) is 2.95. The average Bonchev–Trinajstić information content (AvgIpc) is 2.17. The Morgan fingerprint density at radius 1 is 1.33 bits per heavy atom. The van der Waals surface area contributed by atoms with E-state index in [1.165, 1.54) is 12.1 Å². The van der Waals surface area contributed by atoms with Gasteiger partial charge < -0.3 is 0 Å². The molecule has 2 rings (SSSR count). The van der Waals surface area contributed by atoms with Gasteiger partial charge in [0.1, 0.15) is 16.2 Å². The van der Waals surface area contributed by atoms with Crippen LogP contribution in [0.5, 0.6) is 0 Å². The zero-order valence-corrected chi connectivity index (χ0v) is 9.88. The Labute approximate surface area is 95.7 Å². The van der Waals surface area contributed by atoms with E-state index in [-0.39, 0.29) is 5.82 Å². The SMILES string of the molecule is CCCc1nc(Br)c2ccc(F)cc2n1. The van der Waals surface area contributed by atoms with E-state index in [9.17, 15) is 4.39 Å². The first-order valence-corrected chi connectivity index (χ1v) is 5.61. The molecule has 0 aliphatic carbocycles. The molecule has 4 heteroatoms. The van der Waals surface area contributed by atoms with E-state index in [0.29, 0.717) is 5.52 Å². The molecule has 0 radical (unpaired) electrons. The van der Waals surface area contributed by atoms with Gasteiger partial charge in [-0.25, -0.2) is 14.4 Å². The smallest absolute Gasteiger partial charge is 0.130 e. The van der Waals surface area contributed by atoms with E-state index in [4.69, 9.17) is 0 Å². The largest absolute Gasteiger partial charge is 0.233 e. The summed E-state index contributed by atoms with van der Waals surface area (Å²) < 4.78 is 13.7. The third-order valence-electron chi connectivity index (χ3n) is 2.13. The van der Waals surface area contributed by atoms with Crippen LogP contribution in [0.1, 0.15) is 19.2 Å². The molecule has 0 fully saturated rings. The van der Waals surface area contributed by atoms with Crippen molar-refractivity contribution in [1.29, 1.82) is 0 Å². The molecule has 0 amide bonds. The highest BCUT2D eigenvalue weighted by molar-refractivity contribution is 9.10. The van der Waals surface area contributed by atoms with Crippen molar-refractivity contribution < 1.29 is 4.39 Å². The van der Waals surface area contributed by atoms with Crippen molar-refractivity contribution in [2.24, 2.45) is 0 Å². The maximum Gasteiger partial charge on any atom is 0.130 e. The van der Waals surface area contributed by atoms with Gasteiger partial charge in [0.15, 0.2) is 0 Å². The number of aryl methyl sites for hydroxylation is 1. The number of fused-ring (bicyclic) bond motifs is 1. The minimum atomic E-state index is -0.268. The second-order valence-electron chi connectivity index (χ2n) is 3.34. The van der Waals surface area contributed by atoms with Crippen molar-refractivity contribution in [3.05, 3.63) is 34.4 Å². The minimum Gasteiger partial charge on any atom is -0.233 e. The number of hydrogen-bond acceptors (Lipinski definition) is 2. The first-order chi connectivity index (χ1) is 7.20. The van der Waals surface area contributed by atoms with Crippen LogP contribution in [-0.4, -0.2) is 9.97 Å². The Morgan fingerprint density at radius 2 is 2.13 bits per heavy atom. The highest BCUT2D eigenvalue weighted by atomic mass is 79.9. The zero-order valence-electron chi connectivity index (χ0n) is 8.30. The minimum absolute atomic E-state index is 0.268. The summed E-state index contributed by atoms with van der Waals surface area (Å²) in [5.41, 5.74) is 0.653. The van der Waals surface area contributed by atoms with E-state index >= 15 is 0 Å². The molecule has 2 aromatic rings. The molecule has 15 heavy (non-hydrogen) atoms. The Hall–Kier alpha value is -1.03. The monoisotopic (exact) mass is 268 g/mol. The highest BCUT2D eigenvalue weighted by Crippen LogP contribution is 2.21. The normalized spacial score (nSPS) is 10.9. The van der Waals surface area contributed by atoms with Crippen molar-refractivity contribution in [3.63, 3.8) is 0 Å². The number of benzene rings is 1. The van der Waals surface area contributed by atoms with Crippen LogP contribution in [0.15, 0.2) is 22.8 Å². The van der Waals surface area contributed by atoms with Gasteiger partial charge in [-0.05, 0) is 34.5 Å². The van der Waals surface area contributed by atoms with Crippen LogP contribution in [0, 0.1) is 5.82 Å². The molecule has 0 unspecified atom stereocenters. The van der Waals surface area contributed by atoms with Crippen LogP contribution >= 0.6 is 15.9 Å². The number of nitrogens with zero attached hydrogens (tertiary/aromatic N) is 2. The van der Waals surface area contributed by atoms with Crippen molar-refractivity contribution >= 4 is 26.8 Å². The molecule has 0 aliphatic heterocycles. The molecule has 1 aromatic carbocycles. The third-order valence-corrected chi connectivity index (χ3v) is 2.74. The molecule has 0 aliphatic rings. The van der Waals surface area contributed by atoms with Gasteiger partial charge in [-0.1, -0.05) is 6.92 Å². The van der Waals surface area contributed by atoms with Crippen LogP contribution in [-0.2, 0) is 6.42 Å². The van der Waals surface area contributed by atoms with Crippen molar-refractivity contribution in [2.45, 2.75) is 19.8 Å². The van der Waals surface area contributed by atoms with Crippen molar-refractivity contribution in [1.82, 2.24) is 9.97 Å². The lowest BCUT2D eigenvalue weighted by Gasteiger charge is -2.03. The lowest BCUT2D eigenvalue weighted by atomic mass is 10.2. The predicted octanol–water partition coefficient (Wildman–Crippen LogP) is 3.48. The Bertz CT molecular complexity index is 499. The van der Waals surface area contributed by atoms with Crippen LogP contribution in [0.3, 0.4) is 0 Å². The second kappa shape index (κ2) is 4.23. The number of rotatable bonds is 2. The molecule has 2 nitrogen and oxygen atoms in total. The second-order valence-corrected chi connectivity index (χ2v) is 4.09. The fraction of sp³-hybridized carbons (Fsp3) is 0.273. The van der Waals surface area contributed by atoms with Gasteiger partial charge in [0.2, 0.25) is 0 Å². The molecule has 0 atom stereocenters. The van der Waals surface area contributed by atoms with Crippen LogP contribution in [0.4, 0.5) is 4.39 Å². The van der Waals surface area contributed by atoms with E-state index in [0.717, 1.165) is 28.7 Å². The zero-order chi connectivity index (χ0) is 10.8. The molecular formula is C11H10BrFN2. The number of halogens is 2. The maximum absolute atomic E-state index is 13.0. The molecule has 0 bridgehead atoms. The molecule has 0 saturated heterocycles. The van der Waals surface area contributed by atoms with Gasteiger partial charge in [0, 0.05) is 17.9 Å². The van der Waals surface area contributed by atoms with Gasteiger partial charge in [-0.15, -0.1) is 0 Å². The standard InChI is InChI=1S/C11H10BrFN2/c1-2-3-10-14-9-6-7(13)4-5-8(9)11(12)15-10/h4-6H,2-3H2,1H3. The van der Waals surface area contributed by atoms with Crippen molar-refractivity contribution in [2.75, 3.05) is 0 Å². The van der Waals surface area contributed by atoms with E-state index in [2.05, 4.69) is 32.8 Å². The molecule has 78 valence electrons. The lowest BCUT2D eigenvalue weighted by molar-refractivity contribution is 0.629. The molecule has 1 aromatic heterocycles. The summed E-state index contributed by atoms with van der Waals surface area (Å²) in [7, 11) is 0. The van der Waals surface area contributed by atoms with E-state index < -0.39 is 0 Å². The van der Waals surface area contributed by atoms with Crippen molar-refractivity contribution in [3.8, 4) is 0 Å². The average molecular weight is 269 g/mol.